The lowest BCUT2D eigenvalue weighted by Crippen LogP contribution is -2.42. The molecule has 1 saturated carbocycles. The molecule has 0 aliphatic heterocycles. The molecule has 2 aromatic rings. The number of hydrogen-bond donors (Lipinski definition) is 4. The molecule has 0 bridgehead atoms. The van der Waals surface area contributed by atoms with E-state index in [1.54, 1.807) is 18.3 Å². The van der Waals surface area contributed by atoms with Crippen LogP contribution < -0.4 is 22.1 Å². The molecular weight excluding hydrogens is 352 g/mol. The van der Waals surface area contributed by atoms with E-state index in [0.717, 1.165) is 36.9 Å². The summed E-state index contributed by atoms with van der Waals surface area (Å²) in [6.45, 7) is 1.91. The van der Waals surface area contributed by atoms with Crippen molar-refractivity contribution in [2.75, 3.05) is 10.6 Å². The highest BCUT2D eigenvalue weighted by Gasteiger charge is 2.22. The van der Waals surface area contributed by atoms with Crippen LogP contribution in [0, 0.1) is 6.92 Å². The first-order valence-electron chi connectivity index (χ1n) is 8.65. The lowest BCUT2D eigenvalue weighted by atomic mass is 9.91. The number of nitrogens with two attached hydrogens (primary N) is 2. The zero-order valence-electron chi connectivity index (χ0n) is 14.6. The Morgan fingerprint density at radius 2 is 2.04 bits per heavy atom. The Morgan fingerprint density at radius 3 is 2.73 bits per heavy atom. The van der Waals surface area contributed by atoms with Crippen molar-refractivity contribution in [1.29, 1.82) is 0 Å². The molecule has 0 saturated heterocycles. The number of nitrogens with one attached hydrogen (secondary N) is 2. The number of rotatable bonds is 5. The van der Waals surface area contributed by atoms with Crippen molar-refractivity contribution < 1.29 is 4.79 Å². The molecule has 0 radical (unpaired) electrons. The van der Waals surface area contributed by atoms with Gasteiger partial charge in [-0.3, -0.25) is 4.79 Å². The number of carbonyl (C=O) groups excluding carboxylic acids is 1. The monoisotopic (exact) mass is 374 g/mol. The Kier molecular flexibility index (Phi) is 5.58. The summed E-state index contributed by atoms with van der Waals surface area (Å²) in [7, 11) is 0. The molecule has 1 amide bonds. The molecule has 26 heavy (non-hydrogen) atoms. The van der Waals surface area contributed by atoms with Crippen LogP contribution in [0.3, 0.4) is 0 Å². The van der Waals surface area contributed by atoms with Gasteiger partial charge in [0.25, 0.3) is 5.91 Å². The van der Waals surface area contributed by atoms with Crippen LogP contribution >= 0.6 is 11.6 Å². The van der Waals surface area contributed by atoms with Gasteiger partial charge in [-0.15, -0.1) is 0 Å². The van der Waals surface area contributed by atoms with E-state index < -0.39 is 5.91 Å². The third kappa shape index (κ3) is 4.42. The first-order valence-corrected chi connectivity index (χ1v) is 9.03. The molecule has 0 spiro atoms. The Balaban J connectivity index is 1.87. The van der Waals surface area contributed by atoms with Gasteiger partial charge in [0.2, 0.25) is 0 Å². The second-order valence-electron chi connectivity index (χ2n) is 6.66. The molecule has 1 fully saturated rings. The average molecular weight is 375 g/mol. The summed E-state index contributed by atoms with van der Waals surface area (Å²) in [6.07, 6.45) is 5.92. The molecule has 3 rings (SSSR count). The van der Waals surface area contributed by atoms with E-state index in [1.165, 1.54) is 0 Å². The smallest absolute Gasteiger partial charge is 0.269 e. The highest BCUT2D eigenvalue weighted by atomic mass is 35.5. The highest BCUT2D eigenvalue weighted by molar-refractivity contribution is 6.29. The number of aryl methyl sites for hydroxylation is 1. The molecular formula is C18H23ClN6O. The first kappa shape index (κ1) is 18.4. The van der Waals surface area contributed by atoms with Gasteiger partial charge in [0.05, 0.1) is 17.6 Å². The van der Waals surface area contributed by atoms with E-state index >= 15 is 0 Å². The zero-order valence-corrected chi connectivity index (χ0v) is 15.4. The van der Waals surface area contributed by atoms with Gasteiger partial charge in [-0.2, -0.15) is 0 Å². The predicted molar refractivity (Wildman–Crippen MR) is 104 cm³/mol. The van der Waals surface area contributed by atoms with Crippen molar-refractivity contribution in [3.05, 3.63) is 40.8 Å². The van der Waals surface area contributed by atoms with Gasteiger partial charge < -0.3 is 22.1 Å². The van der Waals surface area contributed by atoms with Crippen molar-refractivity contribution in [2.24, 2.45) is 11.5 Å². The number of nitrogens with zero attached hydrogens (tertiary/aromatic N) is 2. The van der Waals surface area contributed by atoms with E-state index in [-0.39, 0.29) is 17.8 Å². The summed E-state index contributed by atoms with van der Waals surface area (Å²) in [5.41, 5.74) is 14.0. The summed E-state index contributed by atoms with van der Waals surface area (Å²) in [5, 5.41) is 6.88. The summed E-state index contributed by atoms with van der Waals surface area (Å²) in [6, 6.07) is 5.67. The maximum atomic E-state index is 11.7. The minimum absolute atomic E-state index is 0.105. The zero-order chi connectivity index (χ0) is 18.7. The van der Waals surface area contributed by atoms with Gasteiger partial charge in [0, 0.05) is 12.1 Å². The molecule has 6 N–H and O–H groups in total. The van der Waals surface area contributed by atoms with E-state index in [2.05, 4.69) is 20.6 Å². The van der Waals surface area contributed by atoms with Crippen LogP contribution in [0.15, 0.2) is 24.4 Å². The number of amides is 1. The van der Waals surface area contributed by atoms with Gasteiger partial charge in [0.15, 0.2) is 5.69 Å². The van der Waals surface area contributed by atoms with Gasteiger partial charge >= 0.3 is 0 Å². The van der Waals surface area contributed by atoms with Crippen molar-refractivity contribution >= 4 is 34.7 Å². The molecule has 138 valence electrons. The van der Waals surface area contributed by atoms with Crippen molar-refractivity contribution in [2.45, 2.75) is 44.7 Å². The number of pyridine rings is 2. The van der Waals surface area contributed by atoms with E-state index in [4.69, 9.17) is 23.1 Å². The standard InChI is InChI=1S/C18H23ClN6O/c1-10-6-15(19)25-16(7-10)24-14-8-11(9-22-17(14)18(21)26)23-13-5-3-2-4-12(13)20/h6-9,12-13,23H,2-5,20H2,1H3,(H2,21,26)(H,24,25)/t12-,13+/m0/s1. The second-order valence-corrected chi connectivity index (χ2v) is 7.05. The molecule has 0 aromatic carbocycles. The fraction of sp³-hybridized carbons (Fsp3) is 0.389. The third-order valence-corrected chi connectivity index (χ3v) is 4.69. The summed E-state index contributed by atoms with van der Waals surface area (Å²) in [5.74, 6) is -0.0991. The third-order valence-electron chi connectivity index (χ3n) is 4.49. The maximum absolute atomic E-state index is 11.7. The molecule has 0 unspecified atom stereocenters. The van der Waals surface area contributed by atoms with E-state index in [0.29, 0.717) is 16.7 Å². The minimum Gasteiger partial charge on any atom is -0.379 e. The number of aromatic nitrogens is 2. The fourth-order valence-electron chi connectivity index (χ4n) is 3.21. The number of anilines is 3. The molecule has 1 aliphatic rings. The molecule has 8 heteroatoms. The summed E-state index contributed by atoms with van der Waals surface area (Å²) >= 11 is 6.01. The lowest BCUT2D eigenvalue weighted by molar-refractivity contribution is 0.0996. The quantitative estimate of drug-likeness (QED) is 0.597. The molecule has 1 aliphatic carbocycles. The summed E-state index contributed by atoms with van der Waals surface area (Å²) < 4.78 is 0. The van der Waals surface area contributed by atoms with Crippen LogP contribution in [0.5, 0.6) is 0 Å². The maximum Gasteiger partial charge on any atom is 0.269 e. The van der Waals surface area contributed by atoms with Gasteiger partial charge in [0.1, 0.15) is 11.0 Å². The van der Waals surface area contributed by atoms with Crippen LogP contribution in [-0.4, -0.2) is 28.0 Å². The topological polar surface area (TPSA) is 119 Å². The molecule has 2 aromatic heterocycles. The van der Waals surface area contributed by atoms with Crippen LogP contribution in [0.4, 0.5) is 17.2 Å². The van der Waals surface area contributed by atoms with Crippen molar-refractivity contribution in [1.82, 2.24) is 9.97 Å². The van der Waals surface area contributed by atoms with Crippen LogP contribution in [0.2, 0.25) is 5.15 Å². The number of hydrogen-bond acceptors (Lipinski definition) is 6. The fourth-order valence-corrected chi connectivity index (χ4v) is 3.48. The van der Waals surface area contributed by atoms with Crippen LogP contribution in [0.25, 0.3) is 0 Å². The van der Waals surface area contributed by atoms with Gasteiger partial charge in [-0.05, 0) is 43.5 Å². The van der Waals surface area contributed by atoms with Crippen molar-refractivity contribution in [3.8, 4) is 0 Å². The Bertz CT molecular complexity index is 792. The molecule has 7 nitrogen and oxygen atoms in total. The Morgan fingerprint density at radius 1 is 1.27 bits per heavy atom. The number of carbonyl (C=O) groups is 1. The lowest BCUT2D eigenvalue weighted by Gasteiger charge is -2.30. The van der Waals surface area contributed by atoms with Crippen LogP contribution in [-0.2, 0) is 0 Å². The van der Waals surface area contributed by atoms with E-state index in [9.17, 15) is 4.79 Å². The second kappa shape index (κ2) is 7.88. The number of primary amides is 1. The molecule has 2 atom stereocenters. The van der Waals surface area contributed by atoms with Crippen molar-refractivity contribution in [3.63, 3.8) is 0 Å². The molecule has 2 heterocycles. The Hall–Kier alpha value is -2.38. The predicted octanol–water partition coefficient (Wildman–Crippen LogP) is 2.96. The van der Waals surface area contributed by atoms with E-state index in [1.807, 2.05) is 13.0 Å². The largest absolute Gasteiger partial charge is 0.379 e. The highest BCUT2D eigenvalue weighted by Crippen LogP contribution is 2.26. The van der Waals surface area contributed by atoms with Gasteiger partial charge in [-0.25, -0.2) is 9.97 Å². The minimum atomic E-state index is -0.618. The van der Waals surface area contributed by atoms with Gasteiger partial charge in [-0.1, -0.05) is 24.4 Å². The number of halogens is 1. The normalized spacial score (nSPS) is 19.8. The summed E-state index contributed by atoms with van der Waals surface area (Å²) in [4.78, 5) is 20.2. The van der Waals surface area contributed by atoms with Crippen LogP contribution in [0.1, 0.15) is 41.7 Å². The SMILES string of the molecule is Cc1cc(Cl)nc(Nc2cc(N[C@@H]3CCCC[C@@H]3N)cnc2C(N)=O)c1. The first-order chi connectivity index (χ1) is 12.4. The Labute approximate surface area is 157 Å². The average Bonchev–Trinajstić information content (AvgIpc) is 2.56.